The maximum absolute atomic E-state index is 6.24. The fourth-order valence-electron chi connectivity index (χ4n) is 6.24. The summed E-state index contributed by atoms with van der Waals surface area (Å²) in [6, 6.07) is 4.25. The molecule has 8 nitrogen and oxygen atoms in total. The van der Waals surface area contributed by atoms with Crippen LogP contribution in [-0.2, 0) is 42.1 Å². The molecule has 0 spiro atoms. The predicted octanol–water partition coefficient (Wildman–Crippen LogP) is 4.45. The van der Waals surface area contributed by atoms with E-state index in [0.29, 0.717) is 37.4 Å². The SMILES string of the molecule is COCCCCc1cc(OCCOC)c2nc1CN[C@@H]1CCCC[C@H]1NCCN[C@@H]1CCCC[C@H]1NC2.[Cl][Mn][Cl]. The molecule has 1 aromatic rings. The molecule has 0 saturated heterocycles. The zero-order chi connectivity index (χ0) is 28.4. The first-order valence-electron chi connectivity index (χ1n) is 15.1. The molecular formula is C29H51Cl2MnN5O3. The number of aryl methyl sites for hydroxylation is 1. The average molecular weight is 644 g/mol. The molecule has 2 bridgehead atoms. The number of ether oxygens (including phenoxy) is 3. The van der Waals surface area contributed by atoms with E-state index in [4.69, 9.17) is 39.4 Å². The average Bonchev–Trinajstić information content (AvgIpc) is 2.98. The molecule has 4 rings (SSSR count). The first kappa shape index (κ1) is 34.3. The topological polar surface area (TPSA) is 88.7 Å². The van der Waals surface area contributed by atoms with E-state index >= 15 is 0 Å². The van der Waals surface area contributed by atoms with Crippen molar-refractivity contribution in [3.8, 4) is 5.75 Å². The van der Waals surface area contributed by atoms with Crippen molar-refractivity contribution in [2.24, 2.45) is 0 Å². The Morgan fingerprint density at radius 1 is 0.750 bits per heavy atom. The number of nitrogens with one attached hydrogen (secondary N) is 4. The summed E-state index contributed by atoms with van der Waals surface area (Å²) in [7, 11) is 13.1. The molecule has 11 heteroatoms. The summed E-state index contributed by atoms with van der Waals surface area (Å²) in [6.07, 6.45) is 13.3. The van der Waals surface area contributed by atoms with Crippen LogP contribution in [0.25, 0.3) is 0 Å². The first-order valence-corrected chi connectivity index (χ1v) is 18.4. The zero-order valence-electron chi connectivity index (χ0n) is 24.4. The second kappa shape index (κ2) is 20.7. The molecule has 4 N–H and O–H groups in total. The van der Waals surface area contributed by atoms with E-state index in [9.17, 15) is 0 Å². The normalized spacial score (nSPS) is 25.8. The third-order valence-electron chi connectivity index (χ3n) is 8.35. The van der Waals surface area contributed by atoms with Crippen molar-refractivity contribution in [3.63, 3.8) is 0 Å². The molecule has 4 atom stereocenters. The Labute approximate surface area is 256 Å². The summed E-state index contributed by atoms with van der Waals surface area (Å²) >= 11 is 0.00694. The van der Waals surface area contributed by atoms with E-state index < -0.39 is 0 Å². The fourth-order valence-corrected chi connectivity index (χ4v) is 6.24. The van der Waals surface area contributed by atoms with Gasteiger partial charge in [-0.25, -0.2) is 0 Å². The van der Waals surface area contributed by atoms with Gasteiger partial charge in [-0.1, -0.05) is 25.7 Å². The van der Waals surface area contributed by atoms with Crippen LogP contribution in [0.2, 0.25) is 0 Å². The van der Waals surface area contributed by atoms with Crippen molar-refractivity contribution in [2.75, 3.05) is 47.1 Å². The van der Waals surface area contributed by atoms with E-state index in [1.165, 1.54) is 62.6 Å². The third-order valence-corrected chi connectivity index (χ3v) is 8.35. The Morgan fingerprint density at radius 3 is 1.82 bits per heavy atom. The van der Waals surface area contributed by atoms with Crippen LogP contribution >= 0.6 is 20.2 Å². The van der Waals surface area contributed by atoms with Crippen LogP contribution in [-0.4, -0.2) is 76.3 Å². The third kappa shape index (κ3) is 11.8. The van der Waals surface area contributed by atoms with E-state index in [-0.39, 0.29) is 13.1 Å². The number of nitrogens with zero attached hydrogens (tertiary/aromatic N) is 1. The van der Waals surface area contributed by atoms with Gasteiger partial charge in [-0.2, -0.15) is 0 Å². The summed E-state index contributed by atoms with van der Waals surface area (Å²) < 4.78 is 16.8. The quantitative estimate of drug-likeness (QED) is 0.232. The van der Waals surface area contributed by atoms with Crippen LogP contribution in [0.1, 0.15) is 81.2 Å². The molecule has 1 aliphatic heterocycles. The minimum absolute atomic E-state index is 0.00694. The number of aromatic nitrogens is 1. The van der Waals surface area contributed by atoms with Crippen LogP contribution in [0.4, 0.5) is 0 Å². The van der Waals surface area contributed by atoms with Gasteiger partial charge in [-0.05, 0) is 56.6 Å². The van der Waals surface area contributed by atoms with Gasteiger partial charge >= 0.3 is 33.3 Å². The van der Waals surface area contributed by atoms with E-state index in [1.54, 1.807) is 14.2 Å². The second-order valence-corrected chi connectivity index (χ2v) is 13.0. The predicted molar refractivity (Wildman–Crippen MR) is 160 cm³/mol. The van der Waals surface area contributed by atoms with Crippen LogP contribution in [0.3, 0.4) is 0 Å². The number of hydrogen-bond acceptors (Lipinski definition) is 8. The molecule has 0 radical (unpaired) electrons. The number of unbranched alkanes of at least 4 members (excludes halogenated alkanes) is 1. The Morgan fingerprint density at radius 2 is 1.27 bits per heavy atom. The monoisotopic (exact) mass is 642 g/mol. The summed E-state index contributed by atoms with van der Waals surface area (Å²) in [5.41, 5.74) is 3.48. The van der Waals surface area contributed by atoms with Crippen LogP contribution in [0.5, 0.6) is 5.75 Å². The van der Waals surface area contributed by atoms with Crippen LogP contribution < -0.4 is 26.0 Å². The van der Waals surface area contributed by atoms with Gasteiger partial charge in [0, 0.05) is 71.2 Å². The minimum atomic E-state index is 0.00694. The number of hydrogen-bond donors (Lipinski definition) is 4. The van der Waals surface area contributed by atoms with E-state index in [1.807, 2.05) is 0 Å². The molecule has 40 heavy (non-hydrogen) atoms. The molecule has 2 aliphatic carbocycles. The molecule has 2 heterocycles. The van der Waals surface area contributed by atoms with Crippen LogP contribution in [0.15, 0.2) is 6.07 Å². The Hall–Kier alpha value is -0.191. The molecule has 2 saturated carbocycles. The Balaban J connectivity index is 0.00000141. The molecule has 2 fully saturated rings. The molecule has 0 unspecified atom stereocenters. The van der Waals surface area contributed by atoms with Crippen molar-refractivity contribution >= 4 is 20.2 Å². The molecule has 0 aromatic carbocycles. The van der Waals surface area contributed by atoms with Gasteiger partial charge in [-0.15, -0.1) is 0 Å². The van der Waals surface area contributed by atoms with Crippen LogP contribution in [0, 0.1) is 0 Å². The molecule has 0 amide bonds. The Bertz CT molecular complexity index is 828. The van der Waals surface area contributed by atoms with Crippen molar-refractivity contribution in [2.45, 2.75) is 108 Å². The van der Waals surface area contributed by atoms with E-state index in [2.05, 4.69) is 27.3 Å². The summed E-state index contributed by atoms with van der Waals surface area (Å²) in [5, 5.41) is 15.5. The Kier molecular flexibility index (Phi) is 17.7. The molecule has 231 valence electrons. The molecule has 3 aliphatic rings. The van der Waals surface area contributed by atoms with Gasteiger partial charge in [0.25, 0.3) is 0 Å². The van der Waals surface area contributed by atoms with Gasteiger partial charge < -0.3 is 35.5 Å². The number of methoxy groups -OCH3 is 2. The summed E-state index contributed by atoms with van der Waals surface area (Å²) in [4.78, 5) is 5.27. The van der Waals surface area contributed by atoms with Crippen molar-refractivity contribution in [1.82, 2.24) is 26.3 Å². The van der Waals surface area contributed by atoms with Crippen molar-refractivity contribution < 1.29 is 27.3 Å². The standard InChI is InChI=1S/C29H51N5O3.2ClH.Mn/c1-35-16-8-7-9-22-19-29(37-18-17-36-2)28-21-33-26-13-6-4-11-24(26)31-15-14-30-23-10-3-5-12-25(23)32-20-27(22)34-28;;;/h19,23-26,30-33H,3-18,20-21H2,1-2H3;2*1H;/q;;;+2/p-2/t23-,24-,25-,26-;;;/m1.../s1. The van der Waals surface area contributed by atoms with Gasteiger partial charge in [0.1, 0.15) is 12.4 Å². The molecular weight excluding hydrogens is 592 g/mol. The first-order chi connectivity index (χ1) is 19.7. The molecule has 1 aromatic heterocycles. The number of fused-ring (bicyclic) bond motifs is 4. The van der Waals surface area contributed by atoms with Gasteiger partial charge in [-0.3, -0.25) is 4.98 Å². The number of halogens is 2. The van der Waals surface area contributed by atoms with Crippen molar-refractivity contribution in [1.29, 1.82) is 0 Å². The number of rotatable bonds is 9. The van der Waals surface area contributed by atoms with E-state index in [0.717, 1.165) is 63.5 Å². The fraction of sp³-hybridized carbons (Fsp3) is 0.828. The zero-order valence-corrected chi connectivity index (χ0v) is 27.1. The summed E-state index contributed by atoms with van der Waals surface area (Å²) in [5.74, 6) is 0.900. The van der Waals surface area contributed by atoms with Gasteiger partial charge in [0.2, 0.25) is 0 Å². The number of pyridine rings is 1. The summed E-state index contributed by atoms with van der Waals surface area (Å²) in [6.45, 7) is 5.49. The van der Waals surface area contributed by atoms with Gasteiger partial charge in [0.05, 0.1) is 18.0 Å². The second-order valence-electron chi connectivity index (χ2n) is 11.0. The van der Waals surface area contributed by atoms with Gasteiger partial charge in [0.15, 0.2) is 0 Å². The van der Waals surface area contributed by atoms with Crippen molar-refractivity contribution in [3.05, 3.63) is 23.0 Å². The maximum atomic E-state index is 6.24.